The van der Waals surface area contributed by atoms with Gasteiger partial charge in [0.15, 0.2) is 11.6 Å². The predicted octanol–water partition coefficient (Wildman–Crippen LogP) is 4.72. The lowest BCUT2D eigenvalue weighted by Gasteiger charge is -2.14. The number of nitrogens with one attached hydrogen (secondary N) is 2. The van der Waals surface area contributed by atoms with E-state index in [9.17, 15) is 22.8 Å². The molecule has 0 bridgehead atoms. The number of carbonyl (C=O) groups is 2. The number of alkyl halides is 3. The van der Waals surface area contributed by atoms with Gasteiger partial charge in [-0.25, -0.2) is 14.8 Å². The van der Waals surface area contributed by atoms with Crippen molar-refractivity contribution in [3.05, 3.63) is 65.5 Å². The Labute approximate surface area is 176 Å². The first-order chi connectivity index (χ1) is 14.7. The summed E-state index contributed by atoms with van der Waals surface area (Å²) in [6, 6.07) is 3.57. The van der Waals surface area contributed by atoms with Crippen LogP contribution in [0.25, 0.3) is 5.57 Å². The highest BCUT2D eigenvalue weighted by molar-refractivity contribution is 6.01. The van der Waals surface area contributed by atoms with Gasteiger partial charge in [-0.1, -0.05) is 12.1 Å². The lowest BCUT2D eigenvalue weighted by molar-refractivity contribution is -0.137. The summed E-state index contributed by atoms with van der Waals surface area (Å²) in [4.78, 5) is 32.6. The van der Waals surface area contributed by atoms with Gasteiger partial charge in [0.25, 0.3) is 0 Å². The second-order valence-electron chi connectivity index (χ2n) is 6.58. The number of ether oxygens (including phenoxy) is 1. The first-order valence-corrected chi connectivity index (χ1v) is 9.34. The number of anilines is 2. The highest BCUT2D eigenvalue weighted by atomic mass is 19.4. The summed E-state index contributed by atoms with van der Waals surface area (Å²) in [7, 11) is 0. The molecule has 162 valence electrons. The summed E-state index contributed by atoms with van der Waals surface area (Å²) in [5.74, 6) is 0.460. The number of allylic oxidation sites excluding steroid dienone is 4. The molecular weight excluding hydrogens is 413 g/mol. The summed E-state index contributed by atoms with van der Waals surface area (Å²) in [6.07, 6.45) is 0.297. The van der Waals surface area contributed by atoms with E-state index in [1.54, 1.807) is 26.0 Å². The summed E-state index contributed by atoms with van der Waals surface area (Å²) in [5, 5.41) is 4.87. The van der Waals surface area contributed by atoms with E-state index in [0.717, 1.165) is 12.1 Å². The fraction of sp³-hybridized carbons (Fsp3) is 0.238. The zero-order valence-corrected chi connectivity index (χ0v) is 16.7. The van der Waals surface area contributed by atoms with Crippen molar-refractivity contribution < 1.29 is 27.5 Å². The molecule has 0 spiro atoms. The predicted molar refractivity (Wildman–Crippen MR) is 108 cm³/mol. The molecule has 1 aromatic heterocycles. The molecule has 7 nitrogen and oxygen atoms in total. The fourth-order valence-electron chi connectivity index (χ4n) is 2.80. The van der Waals surface area contributed by atoms with Crippen molar-refractivity contribution in [1.82, 2.24) is 9.97 Å². The van der Waals surface area contributed by atoms with Crippen LogP contribution >= 0.6 is 0 Å². The molecule has 1 heterocycles. The Morgan fingerprint density at radius 3 is 2.71 bits per heavy atom. The normalized spacial score (nSPS) is 13.9. The van der Waals surface area contributed by atoms with Crippen LogP contribution in [0.5, 0.6) is 0 Å². The minimum absolute atomic E-state index is 0.00636. The number of benzene rings is 1. The molecule has 0 atom stereocenters. The number of urea groups is 1. The topological polar surface area (TPSA) is 93.2 Å². The smallest absolute Gasteiger partial charge is 0.416 e. The van der Waals surface area contributed by atoms with Crippen LogP contribution in [0.3, 0.4) is 0 Å². The molecule has 0 unspecified atom stereocenters. The van der Waals surface area contributed by atoms with Crippen molar-refractivity contribution in [1.29, 1.82) is 0 Å². The van der Waals surface area contributed by atoms with Crippen LogP contribution in [0.1, 0.15) is 30.4 Å². The second kappa shape index (κ2) is 8.99. The molecule has 0 radical (unpaired) electrons. The Morgan fingerprint density at radius 2 is 2.03 bits per heavy atom. The van der Waals surface area contributed by atoms with Crippen molar-refractivity contribution in [2.75, 3.05) is 17.2 Å². The van der Waals surface area contributed by atoms with Gasteiger partial charge in [-0.05, 0) is 38.1 Å². The summed E-state index contributed by atoms with van der Waals surface area (Å²) < 4.78 is 43.7. The van der Waals surface area contributed by atoms with Crippen molar-refractivity contribution >= 4 is 28.8 Å². The number of carbonyl (C=O) groups excluding carboxylic acids is 2. The third kappa shape index (κ3) is 5.47. The number of hydrogen-bond acceptors (Lipinski definition) is 5. The Bertz CT molecular complexity index is 1080. The second-order valence-corrected chi connectivity index (χ2v) is 6.58. The Kier molecular flexibility index (Phi) is 6.38. The maximum Gasteiger partial charge on any atom is 0.416 e. The van der Waals surface area contributed by atoms with E-state index in [1.165, 1.54) is 18.3 Å². The molecule has 0 saturated heterocycles. The highest BCUT2D eigenvalue weighted by Crippen LogP contribution is 2.30. The summed E-state index contributed by atoms with van der Waals surface area (Å²) >= 11 is 0. The highest BCUT2D eigenvalue weighted by Gasteiger charge is 2.30. The number of nitrogens with zero attached hydrogens (tertiary/aromatic N) is 2. The van der Waals surface area contributed by atoms with Crippen LogP contribution in [-0.4, -0.2) is 28.4 Å². The van der Waals surface area contributed by atoms with Gasteiger partial charge in [-0.3, -0.25) is 4.79 Å². The van der Waals surface area contributed by atoms with Gasteiger partial charge in [0, 0.05) is 17.7 Å². The van der Waals surface area contributed by atoms with E-state index in [1.807, 2.05) is 0 Å². The van der Waals surface area contributed by atoms with Crippen LogP contribution in [0.15, 0.2) is 48.4 Å². The number of halogens is 3. The van der Waals surface area contributed by atoms with Crippen LogP contribution in [-0.2, 0) is 15.7 Å². The van der Waals surface area contributed by atoms with E-state index >= 15 is 0 Å². The molecule has 0 fully saturated rings. The largest absolute Gasteiger partial charge is 0.490 e. The maximum absolute atomic E-state index is 12.8. The minimum Gasteiger partial charge on any atom is -0.490 e. The number of hydrogen-bond donors (Lipinski definition) is 2. The summed E-state index contributed by atoms with van der Waals surface area (Å²) in [5.41, 5.74) is 0.468. The Balaban J connectivity index is 1.71. The van der Waals surface area contributed by atoms with Gasteiger partial charge in [0.05, 0.1) is 29.7 Å². The van der Waals surface area contributed by atoms with E-state index in [2.05, 4.69) is 20.6 Å². The van der Waals surface area contributed by atoms with Crippen molar-refractivity contribution in [2.45, 2.75) is 26.4 Å². The summed E-state index contributed by atoms with van der Waals surface area (Å²) in [6.45, 7) is 3.78. The molecule has 10 heteroatoms. The maximum atomic E-state index is 12.8. The molecule has 2 aromatic rings. The average molecular weight is 432 g/mol. The van der Waals surface area contributed by atoms with E-state index < -0.39 is 17.8 Å². The lowest BCUT2D eigenvalue weighted by Crippen LogP contribution is -2.21. The zero-order chi connectivity index (χ0) is 22.6. The van der Waals surface area contributed by atoms with Crippen LogP contribution in [0, 0.1) is 6.92 Å². The standard InChI is InChI=1S/C21H19F3N4O3/c1-3-31-18-9-13(7-8-17(18)29)19-25-11-16(12(2)26-19)28-20(30)27-15-6-4-5-14(10-15)21(22,23)24/h4-7,9-11H,3,8H2,1-2H3,(H2,27,28,30). The Morgan fingerprint density at radius 1 is 1.26 bits per heavy atom. The van der Waals surface area contributed by atoms with Gasteiger partial charge in [0.2, 0.25) is 5.78 Å². The minimum atomic E-state index is -4.51. The average Bonchev–Trinajstić information content (AvgIpc) is 2.71. The van der Waals surface area contributed by atoms with Crippen molar-refractivity contribution in [3.8, 4) is 0 Å². The lowest BCUT2D eigenvalue weighted by atomic mass is 10.0. The number of ketones is 1. The quantitative estimate of drug-likeness (QED) is 0.713. The monoisotopic (exact) mass is 432 g/mol. The molecule has 1 aliphatic carbocycles. The number of aromatic nitrogens is 2. The molecule has 0 aliphatic heterocycles. The van der Waals surface area contributed by atoms with E-state index in [-0.39, 0.29) is 29.3 Å². The SMILES string of the molecule is CCOC1=CC(c2ncc(NC(=O)Nc3cccc(C(F)(F)F)c3)c(C)n2)=CCC1=O. The molecule has 31 heavy (non-hydrogen) atoms. The Hall–Kier alpha value is -3.69. The molecule has 1 aliphatic rings. The third-order valence-corrected chi connectivity index (χ3v) is 4.30. The molecule has 3 rings (SSSR count). The van der Waals surface area contributed by atoms with Gasteiger partial charge in [-0.2, -0.15) is 13.2 Å². The number of rotatable bonds is 5. The zero-order valence-electron chi connectivity index (χ0n) is 16.7. The van der Waals surface area contributed by atoms with Gasteiger partial charge in [0.1, 0.15) is 0 Å². The van der Waals surface area contributed by atoms with Gasteiger partial charge >= 0.3 is 12.2 Å². The number of amides is 2. The fourth-order valence-corrected chi connectivity index (χ4v) is 2.80. The van der Waals surface area contributed by atoms with Gasteiger partial charge < -0.3 is 15.4 Å². The van der Waals surface area contributed by atoms with Crippen LogP contribution in [0.4, 0.5) is 29.3 Å². The third-order valence-electron chi connectivity index (χ3n) is 4.30. The number of Topliss-reactive ketones (excluding diaryl/α,β-unsaturated/α-hetero) is 1. The molecule has 2 amide bonds. The molecular formula is C21H19F3N4O3. The van der Waals surface area contributed by atoms with Crippen LogP contribution < -0.4 is 10.6 Å². The van der Waals surface area contributed by atoms with Crippen LogP contribution in [0.2, 0.25) is 0 Å². The number of aryl methyl sites for hydroxylation is 1. The molecule has 1 aromatic carbocycles. The van der Waals surface area contributed by atoms with E-state index in [0.29, 0.717) is 23.7 Å². The van der Waals surface area contributed by atoms with Gasteiger partial charge in [-0.15, -0.1) is 0 Å². The van der Waals surface area contributed by atoms with E-state index in [4.69, 9.17) is 4.74 Å². The first-order valence-electron chi connectivity index (χ1n) is 9.34. The molecule has 2 N–H and O–H groups in total. The van der Waals surface area contributed by atoms with Crippen molar-refractivity contribution in [3.63, 3.8) is 0 Å². The van der Waals surface area contributed by atoms with Crippen molar-refractivity contribution in [2.24, 2.45) is 0 Å². The molecule has 0 saturated carbocycles. The first kappa shape index (κ1) is 22.0.